The Bertz CT molecular complexity index is 1240. The van der Waals surface area contributed by atoms with Crippen molar-refractivity contribution < 1.29 is 14.3 Å². The molecule has 2 heterocycles. The number of hydrogen-bond donors (Lipinski definition) is 1. The number of nitrogens with two attached hydrogens (primary N) is 1. The second-order valence-corrected chi connectivity index (χ2v) is 8.45. The number of ether oxygens (including phenoxy) is 2. The predicted molar refractivity (Wildman–Crippen MR) is 142 cm³/mol. The number of carbonyl (C=O) groups is 1. The second kappa shape index (κ2) is 12.1. The molecule has 2 N–H and O–H groups in total. The Morgan fingerprint density at radius 3 is 2.36 bits per heavy atom. The quantitative estimate of drug-likeness (QED) is 0.171. The van der Waals surface area contributed by atoms with Crippen molar-refractivity contribution in [3.63, 3.8) is 0 Å². The van der Waals surface area contributed by atoms with E-state index in [1.54, 1.807) is 24.5 Å². The van der Waals surface area contributed by atoms with Crippen molar-refractivity contribution in [2.45, 2.75) is 6.54 Å². The van der Waals surface area contributed by atoms with Crippen LogP contribution in [0.2, 0.25) is 0 Å². The Morgan fingerprint density at radius 1 is 1.08 bits per heavy atom. The maximum absolute atomic E-state index is 12.0. The molecule has 184 valence electrons. The number of pyridine rings is 1. The van der Waals surface area contributed by atoms with Crippen molar-refractivity contribution in [1.29, 1.82) is 0 Å². The summed E-state index contributed by atoms with van der Waals surface area (Å²) in [6.07, 6.45) is 4.88. The van der Waals surface area contributed by atoms with Crippen molar-refractivity contribution in [1.82, 2.24) is 9.88 Å². The third kappa shape index (κ3) is 6.53. The van der Waals surface area contributed by atoms with Gasteiger partial charge in [-0.05, 0) is 34.9 Å². The Kier molecular flexibility index (Phi) is 8.39. The van der Waals surface area contributed by atoms with Crippen LogP contribution in [-0.2, 0) is 20.8 Å². The van der Waals surface area contributed by atoms with Crippen molar-refractivity contribution in [3.8, 4) is 11.1 Å². The van der Waals surface area contributed by atoms with E-state index in [0.29, 0.717) is 11.3 Å². The highest BCUT2D eigenvalue weighted by molar-refractivity contribution is 6.01. The lowest BCUT2D eigenvalue weighted by atomic mass is 10.0. The number of esters is 1. The summed E-state index contributed by atoms with van der Waals surface area (Å²) in [7, 11) is 1.31. The molecule has 36 heavy (non-hydrogen) atoms. The van der Waals surface area contributed by atoms with Gasteiger partial charge in [-0.2, -0.15) is 0 Å². The summed E-state index contributed by atoms with van der Waals surface area (Å²) in [6, 6.07) is 20.2. The zero-order chi connectivity index (χ0) is 25.3. The highest BCUT2D eigenvalue weighted by atomic mass is 16.5. The zero-order valence-electron chi connectivity index (χ0n) is 20.4. The Hall–Kier alpha value is -4.07. The Labute approximate surface area is 211 Å². The number of methoxy groups -OCH3 is 1. The van der Waals surface area contributed by atoms with Gasteiger partial charge in [-0.1, -0.05) is 55.1 Å². The number of rotatable bonds is 8. The normalized spacial score (nSPS) is 14.9. The third-order valence-corrected chi connectivity index (χ3v) is 5.93. The summed E-state index contributed by atoms with van der Waals surface area (Å²) in [5, 5.41) is 0. The molecular weight excluding hydrogens is 452 g/mol. The number of hydrogen-bond acceptors (Lipinski definition) is 6. The smallest absolute Gasteiger partial charge is 0.337 e. The van der Waals surface area contributed by atoms with Crippen LogP contribution in [0, 0.1) is 0 Å². The molecule has 4 rings (SSSR count). The SMILES string of the molecule is C=C(/C=C(\N=C(/N)c1cccnc1)c1ccc(-c2ccc(CN3CCOCC3)cc2)cc1)C(=O)OC. The molecule has 0 amide bonds. The average molecular weight is 483 g/mol. The van der Waals surface area contributed by atoms with Crippen LogP contribution >= 0.6 is 0 Å². The van der Waals surface area contributed by atoms with Crippen molar-refractivity contribution in [3.05, 3.63) is 108 Å². The number of benzene rings is 2. The van der Waals surface area contributed by atoms with E-state index in [-0.39, 0.29) is 11.4 Å². The predicted octanol–water partition coefficient (Wildman–Crippen LogP) is 4.06. The molecule has 0 bridgehead atoms. The molecule has 1 fully saturated rings. The third-order valence-electron chi connectivity index (χ3n) is 5.93. The Balaban J connectivity index is 1.56. The van der Waals surface area contributed by atoms with Gasteiger partial charge in [0.2, 0.25) is 0 Å². The van der Waals surface area contributed by atoms with Gasteiger partial charge in [0.1, 0.15) is 5.84 Å². The summed E-state index contributed by atoms with van der Waals surface area (Å²) >= 11 is 0. The van der Waals surface area contributed by atoms with Gasteiger partial charge in [0.15, 0.2) is 0 Å². The monoisotopic (exact) mass is 482 g/mol. The average Bonchev–Trinajstić information content (AvgIpc) is 2.93. The molecule has 1 aliphatic rings. The molecule has 7 heteroatoms. The zero-order valence-corrected chi connectivity index (χ0v) is 20.4. The molecule has 1 aliphatic heterocycles. The molecule has 3 aromatic rings. The fraction of sp³-hybridized carbons (Fsp3) is 0.207. The van der Waals surface area contributed by atoms with E-state index in [0.717, 1.165) is 49.5 Å². The van der Waals surface area contributed by atoms with E-state index >= 15 is 0 Å². The lowest BCUT2D eigenvalue weighted by Gasteiger charge is -2.26. The first-order valence-corrected chi connectivity index (χ1v) is 11.8. The van der Waals surface area contributed by atoms with Gasteiger partial charge in [-0.25, -0.2) is 9.79 Å². The first kappa shape index (κ1) is 25.0. The molecule has 2 aromatic carbocycles. The van der Waals surface area contributed by atoms with Crippen LogP contribution in [0.25, 0.3) is 16.8 Å². The molecule has 0 aliphatic carbocycles. The van der Waals surface area contributed by atoms with Crippen LogP contribution < -0.4 is 5.73 Å². The Morgan fingerprint density at radius 2 is 1.75 bits per heavy atom. The van der Waals surface area contributed by atoms with Crippen molar-refractivity contribution >= 4 is 17.5 Å². The number of morpholine rings is 1. The van der Waals surface area contributed by atoms with Crippen LogP contribution in [0.5, 0.6) is 0 Å². The van der Waals surface area contributed by atoms with Crippen LogP contribution in [-0.4, -0.2) is 55.1 Å². The largest absolute Gasteiger partial charge is 0.465 e. The highest BCUT2D eigenvalue weighted by Crippen LogP contribution is 2.25. The van der Waals surface area contributed by atoms with Gasteiger partial charge < -0.3 is 15.2 Å². The number of carbonyl (C=O) groups excluding carboxylic acids is 1. The van der Waals surface area contributed by atoms with Crippen LogP contribution in [0.1, 0.15) is 16.7 Å². The van der Waals surface area contributed by atoms with E-state index in [2.05, 4.69) is 45.7 Å². The number of amidine groups is 1. The lowest BCUT2D eigenvalue weighted by molar-refractivity contribution is -0.135. The van der Waals surface area contributed by atoms with E-state index in [1.165, 1.54) is 12.7 Å². The summed E-state index contributed by atoms with van der Waals surface area (Å²) < 4.78 is 10.2. The number of nitrogens with zero attached hydrogens (tertiary/aromatic N) is 3. The maximum atomic E-state index is 12.0. The fourth-order valence-corrected chi connectivity index (χ4v) is 3.90. The first-order chi connectivity index (χ1) is 17.5. The van der Waals surface area contributed by atoms with Gasteiger partial charge in [0.25, 0.3) is 0 Å². The molecule has 0 atom stereocenters. The minimum Gasteiger partial charge on any atom is -0.465 e. The molecule has 0 radical (unpaired) electrons. The summed E-state index contributed by atoms with van der Waals surface area (Å²) in [5.41, 5.74) is 11.9. The summed E-state index contributed by atoms with van der Waals surface area (Å²) in [5.74, 6) is -0.247. The van der Waals surface area contributed by atoms with E-state index in [9.17, 15) is 4.79 Å². The molecule has 0 spiro atoms. The minimum absolute atomic E-state index is 0.176. The summed E-state index contributed by atoms with van der Waals surface area (Å²) in [4.78, 5) is 23.0. The molecule has 0 saturated carbocycles. The second-order valence-electron chi connectivity index (χ2n) is 8.45. The van der Waals surface area contributed by atoms with Crippen molar-refractivity contribution in [2.75, 3.05) is 33.4 Å². The maximum Gasteiger partial charge on any atom is 0.337 e. The van der Waals surface area contributed by atoms with Gasteiger partial charge in [-0.15, -0.1) is 0 Å². The molecular formula is C29H30N4O3. The van der Waals surface area contributed by atoms with Gasteiger partial charge in [-0.3, -0.25) is 9.88 Å². The van der Waals surface area contributed by atoms with E-state index < -0.39 is 5.97 Å². The van der Waals surface area contributed by atoms with Gasteiger partial charge in [0, 0.05) is 43.2 Å². The number of aliphatic imine (C=N–C) groups is 1. The van der Waals surface area contributed by atoms with Crippen LogP contribution in [0.4, 0.5) is 0 Å². The first-order valence-electron chi connectivity index (χ1n) is 11.8. The summed E-state index contributed by atoms with van der Waals surface area (Å²) in [6.45, 7) is 8.26. The van der Waals surface area contributed by atoms with Crippen LogP contribution in [0.3, 0.4) is 0 Å². The molecule has 1 saturated heterocycles. The van der Waals surface area contributed by atoms with Gasteiger partial charge in [0.05, 0.1) is 31.6 Å². The van der Waals surface area contributed by atoms with E-state index in [4.69, 9.17) is 15.2 Å². The van der Waals surface area contributed by atoms with Crippen LogP contribution in [0.15, 0.2) is 96.3 Å². The fourth-order valence-electron chi connectivity index (χ4n) is 3.90. The molecule has 0 unspecified atom stereocenters. The lowest BCUT2D eigenvalue weighted by Crippen LogP contribution is -2.35. The topological polar surface area (TPSA) is 90.0 Å². The van der Waals surface area contributed by atoms with E-state index in [1.807, 2.05) is 30.3 Å². The minimum atomic E-state index is -0.531. The highest BCUT2D eigenvalue weighted by Gasteiger charge is 2.12. The van der Waals surface area contributed by atoms with Gasteiger partial charge >= 0.3 is 5.97 Å². The molecule has 7 nitrogen and oxygen atoms in total. The molecule has 1 aromatic heterocycles. The number of aromatic nitrogens is 1. The van der Waals surface area contributed by atoms with Crippen molar-refractivity contribution in [2.24, 2.45) is 10.7 Å². The standard InChI is InChI=1S/C29H30N4O3/c1-21(29(34)35-2)18-27(32-28(30)26-4-3-13-31-19-26)25-11-9-24(10-12-25)23-7-5-22(6-8-23)20-33-14-16-36-17-15-33/h3-13,18-19H,1,14-17,20H2,2H3,(H2,30,32)/b27-18-.